The average molecular weight is 1150 g/mol. The molecule has 3 aliphatic carbocycles. The molecule has 6 aromatic rings. The van der Waals surface area contributed by atoms with E-state index in [1.807, 2.05) is 6.07 Å². The summed E-state index contributed by atoms with van der Waals surface area (Å²) in [6.45, 7) is 6.92. The van der Waals surface area contributed by atoms with Crippen molar-refractivity contribution in [1.82, 2.24) is 4.90 Å². The lowest BCUT2D eigenvalue weighted by Crippen LogP contribution is -2.44. The summed E-state index contributed by atoms with van der Waals surface area (Å²) < 4.78 is 142. The number of alkyl halides is 9. The number of aliphatic hydroxyl groups excluding tert-OH is 1. The summed E-state index contributed by atoms with van der Waals surface area (Å²) in [7, 11) is 0. The minimum atomic E-state index is -4.51. The number of carboxylic acid groups (broad SMARTS) is 1. The van der Waals surface area contributed by atoms with Crippen molar-refractivity contribution in [2.45, 2.75) is 186 Å². The third kappa shape index (κ3) is 14.5. The van der Waals surface area contributed by atoms with Crippen LogP contribution in [0.4, 0.5) is 39.5 Å². The van der Waals surface area contributed by atoms with Crippen molar-refractivity contribution in [2.24, 2.45) is 23.7 Å². The van der Waals surface area contributed by atoms with E-state index in [4.69, 9.17) is 14.2 Å². The van der Waals surface area contributed by atoms with Crippen LogP contribution in [0.15, 0.2) is 91.0 Å². The second-order valence-corrected chi connectivity index (χ2v) is 23.7. The summed E-state index contributed by atoms with van der Waals surface area (Å²) in [5, 5.41) is 20.3. The molecule has 2 atom stereocenters. The molecule has 8 nitrogen and oxygen atoms in total. The summed E-state index contributed by atoms with van der Waals surface area (Å²) in [6, 6.07) is 23.6. The minimum Gasteiger partial charge on any atom is -0.490 e. The van der Waals surface area contributed by atoms with Crippen LogP contribution in [0.25, 0.3) is 32.3 Å². The molecule has 17 heteroatoms. The van der Waals surface area contributed by atoms with E-state index in [0.29, 0.717) is 70.7 Å². The van der Waals surface area contributed by atoms with Crippen LogP contribution in [0.3, 0.4) is 0 Å². The van der Waals surface area contributed by atoms with E-state index in [2.05, 4.69) is 25.7 Å². The number of benzene rings is 6. The lowest BCUT2D eigenvalue weighted by Gasteiger charge is -2.37. The lowest BCUT2D eigenvalue weighted by atomic mass is 9.89. The molecule has 5 fully saturated rings. The molecule has 2 N–H and O–H groups in total. The topological polar surface area (TPSA) is 106 Å². The van der Waals surface area contributed by atoms with E-state index >= 15 is 0 Å². The van der Waals surface area contributed by atoms with Crippen LogP contribution >= 0.6 is 0 Å². The zero-order valence-electron chi connectivity index (χ0n) is 46.4. The molecule has 6 aromatic carbocycles. The molecule has 2 unspecified atom stereocenters. The molecule has 2 heterocycles. The van der Waals surface area contributed by atoms with Crippen molar-refractivity contribution >= 4 is 44.6 Å². The van der Waals surface area contributed by atoms with Gasteiger partial charge in [0, 0.05) is 24.2 Å². The predicted molar refractivity (Wildman–Crippen MR) is 297 cm³/mol. The van der Waals surface area contributed by atoms with E-state index in [1.54, 1.807) is 36.4 Å². The number of carbonyl (C=O) groups excluding carboxylic acids is 1. The van der Waals surface area contributed by atoms with Crippen molar-refractivity contribution in [3.05, 3.63) is 124 Å². The van der Waals surface area contributed by atoms with Gasteiger partial charge >= 0.3 is 24.5 Å². The van der Waals surface area contributed by atoms with Gasteiger partial charge in [-0.1, -0.05) is 75.4 Å². The van der Waals surface area contributed by atoms with E-state index in [1.165, 1.54) is 48.5 Å². The van der Waals surface area contributed by atoms with Crippen LogP contribution in [0.2, 0.25) is 0 Å². The highest BCUT2D eigenvalue weighted by atomic mass is 19.4. The highest BCUT2D eigenvalue weighted by Crippen LogP contribution is 2.47. The second-order valence-electron chi connectivity index (χ2n) is 23.7. The van der Waals surface area contributed by atoms with Crippen molar-refractivity contribution in [2.75, 3.05) is 0 Å². The van der Waals surface area contributed by atoms with Gasteiger partial charge in [0.2, 0.25) is 0 Å². The van der Waals surface area contributed by atoms with Crippen molar-refractivity contribution in [1.29, 1.82) is 0 Å². The Morgan fingerprint density at radius 3 is 1.21 bits per heavy atom. The number of aliphatic carboxylic acids is 1. The minimum absolute atomic E-state index is 0.0646. The number of piperidine rings is 1. The first-order valence-electron chi connectivity index (χ1n) is 28.9. The quantitative estimate of drug-likeness (QED) is 0.0976. The maximum atomic E-state index is 14.1. The number of rotatable bonds is 11. The van der Waals surface area contributed by atoms with Crippen molar-refractivity contribution in [3.8, 4) is 17.2 Å². The molecule has 2 saturated heterocycles. The number of carbonyl (C=O) groups is 2. The fraction of sp³-hybridized carbons (Fsp3) is 0.508. The number of halogens is 9. The number of ether oxygens (including phenoxy) is 3. The van der Waals surface area contributed by atoms with Crippen LogP contribution < -0.4 is 14.2 Å². The van der Waals surface area contributed by atoms with Crippen LogP contribution in [0.1, 0.15) is 162 Å². The maximum absolute atomic E-state index is 14.1. The van der Waals surface area contributed by atoms with Crippen LogP contribution in [0.5, 0.6) is 17.2 Å². The van der Waals surface area contributed by atoms with E-state index < -0.39 is 41.2 Å². The van der Waals surface area contributed by atoms with Crippen LogP contribution in [0, 0.1) is 23.7 Å². The number of hydrogen-bond donors (Lipinski definition) is 2. The van der Waals surface area contributed by atoms with Gasteiger partial charge < -0.3 is 24.4 Å². The SMILES string of the molecule is CC1CCC(Oc2ccc3cc(C=O)ccc3c2C(F)(F)F)CC1.CC1CCC(Oc2ccc3cc(CN4C5CCC4CC(C(=O)O)C5)ccc3c2C(F)(F)F)CC1.CC1CCC(Oc2ccc3cc(CO)ccc3c2C(F)(F)F)CC1. The van der Waals surface area contributed by atoms with E-state index in [-0.39, 0.29) is 76.3 Å². The molecular weight excluding hydrogens is 1080 g/mol. The molecule has 0 amide bonds. The average Bonchev–Trinajstić information content (AvgIpc) is 3.02. The molecular formula is C65H72F9NO7. The molecule has 82 heavy (non-hydrogen) atoms. The smallest absolute Gasteiger partial charge is 0.420 e. The van der Waals surface area contributed by atoms with Gasteiger partial charge in [0.1, 0.15) is 40.2 Å². The lowest BCUT2D eigenvalue weighted by molar-refractivity contribution is -0.144. The third-order valence-corrected chi connectivity index (χ3v) is 17.6. The number of carboxylic acids is 1. The Morgan fingerprint density at radius 2 is 0.854 bits per heavy atom. The van der Waals surface area contributed by atoms with Crippen molar-refractivity contribution < 1.29 is 73.5 Å². The number of aliphatic hydroxyl groups is 1. The van der Waals surface area contributed by atoms with Gasteiger partial charge in [-0.25, -0.2) is 0 Å². The maximum Gasteiger partial charge on any atom is 0.420 e. The first-order chi connectivity index (χ1) is 38.9. The van der Waals surface area contributed by atoms with Crippen LogP contribution in [-0.4, -0.2) is 57.8 Å². The van der Waals surface area contributed by atoms with Gasteiger partial charge in [-0.3, -0.25) is 14.5 Å². The highest BCUT2D eigenvalue weighted by molar-refractivity contribution is 5.93. The van der Waals surface area contributed by atoms with Gasteiger partial charge in [0.15, 0.2) is 0 Å². The molecule has 0 aromatic heterocycles. The zero-order valence-corrected chi connectivity index (χ0v) is 46.4. The second kappa shape index (κ2) is 25.4. The molecule has 3 saturated carbocycles. The van der Waals surface area contributed by atoms with Gasteiger partial charge in [0.05, 0.1) is 30.8 Å². The van der Waals surface area contributed by atoms with E-state index in [9.17, 15) is 59.3 Å². The number of aldehydes is 1. The zero-order chi connectivity index (χ0) is 58.7. The number of nitrogens with zero attached hydrogens (tertiary/aromatic N) is 1. The Morgan fingerprint density at radius 1 is 0.500 bits per heavy atom. The molecule has 5 aliphatic rings. The van der Waals surface area contributed by atoms with Crippen molar-refractivity contribution in [3.63, 3.8) is 0 Å². The Labute approximate surface area is 472 Å². The number of hydrogen-bond acceptors (Lipinski definition) is 7. The first kappa shape index (κ1) is 60.5. The number of fused-ring (bicyclic) bond motifs is 5. The Hall–Kier alpha value is -6.07. The van der Waals surface area contributed by atoms with E-state index in [0.717, 1.165) is 95.5 Å². The Kier molecular flexibility index (Phi) is 18.8. The largest absolute Gasteiger partial charge is 0.490 e. The molecule has 2 bridgehead atoms. The predicted octanol–water partition coefficient (Wildman–Crippen LogP) is 17.6. The summed E-state index contributed by atoms with van der Waals surface area (Å²) in [5.41, 5.74) is -0.256. The van der Waals surface area contributed by atoms with Gasteiger partial charge in [-0.05, 0) is 200 Å². The summed E-state index contributed by atoms with van der Waals surface area (Å²) in [6.07, 6.45) is 0.496. The highest BCUT2D eigenvalue weighted by Gasteiger charge is 2.44. The van der Waals surface area contributed by atoms with Crippen LogP contribution in [-0.2, 0) is 36.5 Å². The van der Waals surface area contributed by atoms with Gasteiger partial charge in [-0.2, -0.15) is 39.5 Å². The summed E-state index contributed by atoms with van der Waals surface area (Å²) >= 11 is 0. The molecule has 0 spiro atoms. The fourth-order valence-corrected chi connectivity index (χ4v) is 13.0. The standard InChI is InChI=1S/C27H32F3NO3.C19H21F3O2.C19H19F3O2/c1-16-2-8-22(9-3-16)34-24-11-5-18-12-17(4-10-23(18)25(24)27(28,29)30)15-31-20-6-7-21(31)14-19(13-20)26(32)33;2*1-12-2-6-15(7-3-12)24-17-9-5-14-10-13(11-23)4-8-16(14)18(17)19(20,21)22/h4-5,10-12,16,19-22H,2-3,6-9,13-15H2,1H3,(H,32,33);4-5,8-10,12,15,23H,2-3,6-7,11H2,1H3;4-5,8-12,15H,2-3,6-7H2,1H3. The van der Waals surface area contributed by atoms with Gasteiger partial charge in [0.25, 0.3) is 0 Å². The monoisotopic (exact) mass is 1150 g/mol. The van der Waals surface area contributed by atoms with Gasteiger partial charge in [-0.15, -0.1) is 0 Å². The molecule has 0 radical (unpaired) electrons. The normalized spacial score (nSPS) is 25.2. The fourth-order valence-electron chi connectivity index (χ4n) is 13.0. The summed E-state index contributed by atoms with van der Waals surface area (Å²) in [4.78, 5) is 24.6. The Bertz CT molecular complexity index is 3170. The Balaban J connectivity index is 0.000000152. The third-order valence-electron chi connectivity index (χ3n) is 17.6. The molecule has 442 valence electrons. The summed E-state index contributed by atoms with van der Waals surface area (Å²) in [5.74, 6) is 0.529. The first-order valence-corrected chi connectivity index (χ1v) is 28.9. The molecule has 11 rings (SSSR count). The molecule has 2 aliphatic heterocycles.